The van der Waals surface area contributed by atoms with Gasteiger partial charge in [-0.15, -0.1) is 11.3 Å². The largest absolute Gasteiger partial charge is 0.490 e. The molecule has 2 aromatic carbocycles. The van der Waals surface area contributed by atoms with Crippen LogP contribution in [0.2, 0.25) is 10.0 Å². The molecule has 0 unspecified atom stereocenters. The van der Waals surface area contributed by atoms with Crippen molar-refractivity contribution in [2.45, 2.75) is 18.8 Å². The Labute approximate surface area is 198 Å². The number of likely N-dealkylation sites (tertiary alicyclic amines) is 1. The van der Waals surface area contributed by atoms with Crippen LogP contribution < -0.4 is 4.74 Å². The second-order valence-corrected chi connectivity index (χ2v) is 9.08. The number of ether oxygens (including phenoxy) is 1. The minimum Gasteiger partial charge on any atom is -0.490 e. The Bertz CT molecular complexity index is 1180. The van der Waals surface area contributed by atoms with E-state index in [0.29, 0.717) is 23.1 Å². The van der Waals surface area contributed by atoms with E-state index in [2.05, 4.69) is 0 Å². The third-order valence-corrected chi connectivity index (χ3v) is 7.25. The summed E-state index contributed by atoms with van der Waals surface area (Å²) in [7, 11) is 1.35. The smallest absolute Gasteiger partial charge is 0.323 e. The molecule has 4 rings (SSSR count). The summed E-state index contributed by atoms with van der Waals surface area (Å²) in [5.74, 6) is -0.0566. The molecule has 32 heavy (non-hydrogen) atoms. The molecule has 2 heterocycles. The van der Waals surface area contributed by atoms with Gasteiger partial charge in [0.2, 0.25) is 0 Å². The normalized spacial score (nSPS) is 14.4. The van der Waals surface area contributed by atoms with Crippen molar-refractivity contribution < 1.29 is 14.5 Å². The number of amides is 1. The van der Waals surface area contributed by atoms with Crippen LogP contribution in [0, 0.1) is 10.1 Å². The summed E-state index contributed by atoms with van der Waals surface area (Å²) in [6.45, 7) is 0.999. The topological polar surface area (TPSA) is 85.6 Å². The van der Waals surface area contributed by atoms with Crippen LogP contribution in [0.15, 0.2) is 41.8 Å². The van der Waals surface area contributed by atoms with E-state index >= 15 is 0 Å². The lowest BCUT2D eigenvalue weighted by Gasteiger charge is -2.31. The zero-order chi connectivity index (χ0) is 22.8. The van der Waals surface area contributed by atoms with Gasteiger partial charge in [-0.2, -0.15) is 0 Å². The van der Waals surface area contributed by atoms with Crippen molar-refractivity contribution >= 4 is 46.1 Å². The minimum absolute atomic E-state index is 0.0453. The Morgan fingerprint density at radius 3 is 2.62 bits per heavy atom. The highest BCUT2D eigenvalue weighted by atomic mass is 35.5. The molecule has 1 amide bonds. The lowest BCUT2D eigenvalue weighted by atomic mass is 9.96. The van der Waals surface area contributed by atoms with Gasteiger partial charge in [-0.3, -0.25) is 14.9 Å². The number of aromatic nitrogens is 1. The van der Waals surface area contributed by atoms with E-state index in [1.807, 2.05) is 11.4 Å². The second-order valence-electron chi connectivity index (χ2n) is 7.38. The summed E-state index contributed by atoms with van der Waals surface area (Å²) in [6, 6.07) is 9.97. The fourth-order valence-corrected chi connectivity index (χ4v) is 5.11. The first-order valence-corrected chi connectivity index (χ1v) is 11.5. The van der Waals surface area contributed by atoms with Gasteiger partial charge in [-0.25, -0.2) is 4.98 Å². The van der Waals surface area contributed by atoms with Gasteiger partial charge >= 0.3 is 5.69 Å². The molecule has 166 valence electrons. The number of carbonyl (C=O) groups excluding carboxylic acids is 1. The second kappa shape index (κ2) is 9.44. The maximum absolute atomic E-state index is 13.0. The molecule has 3 aromatic rings. The van der Waals surface area contributed by atoms with Crippen LogP contribution in [0.25, 0.3) is 11.3 Å². The maximum atomic E-state index is 13.0. The summed E-state index contributed by atoms with van der Waals surface area (Å²) in [6.07, 6.45) is 1.47. The third-order valence-electron chi connectivity index (χ3n) is 5.50. The van der Waals surface area contributed by atoms with Crippen molar-refractivity contribution in [3.63, 3.8) is 0 Å². The zero-order valence-electron chi connectivity index (χ0n) is 17.1. The molecular formula is C22H19Cl2N3O4S. The molecule has 7 nitrogen and oxygen atoms in total. The first-order chi connectivity index (χ1) is 15.4. The Kier molecular flexibility index (Phi) is 6.64. The number of thiazole rings is 1. The Hall–Kier alpha value is -2.68. The van der Waals surface area contributed by atoms with E-state index in [-0.39, 0.29) is 28.8 Å². The fraction of sp³-hybridized carbons (Fsp3) is 0.273. The van der Waals surface area contributed by atoms with Crippen molar-refractivity contribution in [1.82, 2.24) is 9.88 Å². The first kappa shape index (κ1) is 22.5. The number of nitrogens with zero attached hydrogens (tertiary/aromatic N) is 3. The average molecular weight is 492 g/mol. The predicted molar refractivity (Wildman–Crippen MR) is 125 cm³/mol. The highest BCUT2D eigenvalue weighted by Gasteiger charge is 2.31. The maximum Gasteiger partial charge on any atom is 0.323 e. The highest BCUT2D eigenvalue weighted by molar-refractivity contribution is 7.10. The summed E-state index contributed by atoms with van der Waals surface area (Å²) < 4.78 is 5.08. The Balaban J connectivity index is 1.46. The van der Waals surface area contributed by atoms with E-state index in [1.54, 1.807) is 34.4 Å². The zero-order valence-corrected chi connectivity index (χ0v) is 19.4. The van der Waals surface area contributed by atoms with Crippen LogP contribution in [0.5, 0.6) is 5.75 Å². The summed E-state index contributed by atoms with van der Waals surface area (Å²) >= 11 is 13.7. The van der Waals surface area contributed by atoms with Crippen LogP contribution in [0.4, 0.5) is 5.69 Å². The molecule has 1 fully saturated rings. The van der Waals surface area contributed by atoms with Gasteiger partial charge in [0.05, 0.1) is 32.8 Å². The Morgan fingerprint density at radius 2 is 1.97 bits per heavy atom. The van der Waals surface area contributed by atoms with Gasteiger partial charge in [-0.1, -0.05) is 35.3 Å². The first-order valence-electron chi connectivity index (χ1n) is 9.90. The van der Waals surface area contributed by atoms with Crippen molar-refractivity contribution in [2.75, 3.05) is 20.2 Å². The van der Waals surface area contributed by atoms with Crippen molar-refractivity contribution in [2.24, 2.45) is 0 Å². The summed E-state index contributed by atoms with van der Waals surface area (Å²) in [4.78, 5) is 30.4. The molecule has 1 aromatic heterocycles. The van der Waals surface area contributed by atoms with Gasteiger partial charge < -0.3 is 9.64 Å². The van der Waals surface area contributed by atoms with Crippen LogP contribution in [-0.4, -0.2) is 40.9 Å². The van der Waals surface area contributed by atoms with E-state index in [9.17, 15) is 14.9 Å². The Morgan fingerprint density at radius 1 is 1.22 bits per heavy atom. The summed E-state index contributed by atoms with van der Waals surface area (Å²) in [5.41, 5.74) is 1.49. The minimum atomic E-state index is -0.571. The number of benzene rings is 2. The number of rotatable bonds is 5. The quantitative estimate of drug-likeness (QED) is 0.320. The molecule has 1 aliphatic rings. The number of nitro groups is 1. The van der Waals surface area contributed by atoms with Gasteiger partial charge in [0.1, 0.15) is 5.56 Å². The molecule has 1 aliphatic heterocycles. The predicted octanol–water partition coefficient (Wildman–Crippen LogP) is 6.05. The van der Waals surface area contributed by atoms with Crippen LogP contribution in [0.3, 0.4) is 0 Å². The molecule has 0 radical (unpaired) electrons. The molecule has 0 aliphatic carbocycles. The van der Waals surface area contributed by atoms with Crippen molar-refractivity contribution in [1.29, 1.82) is 0 Å². The lowest BCUT2D eigenvalue weighted by Crippen LogP contribution is -2.38. The molecule has 1 saturated heterocycles. The lowest BCUT2D eigenvalue weighted by molar-refractivity contribution is -0.386. The van der Waals surface area contributed by atoms with Gasteiger partial charge in [0.25, 0.3) is 5.91 Å². The molecule has 0 spiro atoms. The number of halogens is 2. The van der Waals surface area contributed by atoms with Crippen LogP contribution in [0.1, 0.15) is 34.1 Å². The van der Waals surface area contributed by atoms with E-state index < -0.39 is 4.92 Å². The van der Waals surface area contributed by atoms with Gasteiger partial charge in [-0.05, 0) is 37.1 Å². The standard InChI is InChI=1S/C22H19Cl2N3O4S/c1-31-19-4-2-3-15(20(19)27(29)30)22(28)26-9-7-13(8-10-26)21-25-18(12-32-21)14-5-6-16(23)17(24)11-14/h2-6,11-13H,7-10H2,1H3. The number of hydrogen-bond acceptors (Lipinski definition) is 6. The molecule has 0 atom stereocenters. The number of para-hydroxylation sites is 1. The number of nitro benzene ring substituents is 1. The molecule has 0 N–H and O–H groups in total. The highest BCUT2D eigenvalue weighted by Crippen LogP contribution is 2.36. The van der Waals surface area contributed by atoms with Gasteiger partial charge in [0, 0.05) is 30.0 Å². The number of piperidine rings is 1. The van der Waals surface area contributed by atoms with Crippen molar-refractivity contribution in [3.05, 3.63) is 72.5 Å². The molecule has 0 bridgehead atoms. The molecular weight excluding hydrogens is 473 g/mol. The van der Waals surface area contributed by atoms with Crippen molar-refractivity contribution in [3.8, 4) is 17.0 Å². The van der Waals surface area contributed by atoms with Crippen LogP contribution in [-0.2, 0) is 0 Å². The number of methoxy groups -OCH3 is 1. The van der Waals surface area contributed by atoms with E-state index in [0.717, 1.165) is 29.1 Å². The van der Waals surface area contributed by atoms with E-state index in [4.69, 9.17) is 32.9 Å². The number of carbonyl (C=O) groups is 1. The summed E-state index contributed by atoms with van der Waals surface area (Å²) in [5, 5.41) is 15.5. The van der Waals surface area contributed by atoms with E-state index in [1.165, 1.54) is 19.2 Å². The monoisotopic (exact) mass is 491 g/mol. The fourth-order valence-electron chi connectivity index (χ4n) is 3.81. The molecule has 0 saturated carbocycles. The van der Waals surface area contributed by atoms with Gasteiger partial charge in [0.15, 0.2) is 5.75 Å². The SMILES string of the molecule is COc1cccc(C(=O)N2CCC(c3nc(-c4ccc(Cl)c(Cl)c4)cs3)CC2)c1[N+](=O)[O-]. The third kappa shape index (κ3) is 4.44. The molecule has 10 heteroatoms. The average Bonchev–Trinajstić information content (AvgIpc) is 3.30. The van der Waals surface area contributed by atoms with Crippen LogP contribution >= 0.6 is 34.5 Å². The number of hydrogen-bond donors (Lipinski definition) is 0.